The van der Waals surface area contributed by atoms with Crippen LogP contribution in [0.4, 0.5) is 5.69 Å². The van der Waals surface area contributed by atoms with Crippen molar-refractivity contribution < 1.29 is 9.53 Å². The minimum absolute atomic E-state index is 0.0667. The smallest absolute Gasteiger partial charge is 0.262 e. The molecule has 3 aliphatic rings. The number of hydrogen-bond donors (Lipinski definition) is 2. The maximum Gasteiger partial charge on any atom is 0.262 e. The van der Waals surface area contributed by atoms with Gasteiger partial charge >= 0.3 is 0 Å². The van der Waals surface area contributed by atoms with Gasteiger partial charge in [0, 0.05) is 6.04 Å². The lowest BCUT2D eigenvalue weighted by atomic mass is 9.96. The first kappa shape index (κ1) is 13.1. The molecular formula is C17H22N2O2. The van der Waals surface area contributed by atoms with Gasteiger partial charge in [0.25, 0.3) is 5.91 Å². The quantitative estimate of drug-likeness (QED) is 0.895. The summed E-state index contributed by atoms with van der Waals surface area (Å²) in [7, 11) is 0. The van der Waals surface area contributed by atoms with Crippen LogP contribution in [0.3, 0.4) is 0 Å². The fourth-order valence-corrected chi connectivity index (χ4v) is 4.36. The van der Waals surface area contributed by atoms with Crippen molar-refractivity contribution in [1.29, 1.82) is 0 Å². The Morgan fingerprint density at radius 1 is 1.38 bits per heavy atom. The number of ether oxygens (including phenoxy) is 1. The first-order valence-electron chi connectivity index (χ1n) is 8.08. The molecule has 3 unspecified atom stereocenters. The van der Waals surface area contributed by atoms with Gasteiger partial charge in [-0.2, -0.15) is 0 Å². The van der Waals surface area contributed by atoms with E-state index in [4.69, 9.17) is 4.74 Å². The molecule has 2 saturated carbocycles. The normalized spacial score (nSPS) is 30.9. The van der Waals surface area contributed by atoms with Crippen LogP contribution in [-0.2, 0) is 4.79 Å². The highest BCUT2D eigenvalue weighted by atomic mass is 16.5. The number of carbonyl (C=O) groups is 1. The Labute approximate surface area is 125 Å². The second-order valence-electron chi connectivity index (χ2n) is 6.46. The molecule has 0 aromatic heterocycles. The lowest BCUT2D eigenvalue weighted by molar-refractivity contribution is -0.118. The second kappa shape index (κ2) is 5.02. The van der Waals surface area contributed by atoms with E-state index in [-0.39, 0.29) is 12.5 Å². The number of fused-ring (bicyclic) bond motifs is 2. The molecule has 21 heavy (non-hydrogen) atoms. The Balaban J connectivity index is 1.61. The third-order valence-corrected chi connectivity index (χ3v) is 5.28. The molecule has 2 fully saturated rings. The van der Waals surface area contributed by atoms with Gasteiger partial charge in [-0.25, -0.2) is 0 Å². The molecule has 2 aliphatic carbocycles. The highest BCUT2D eigenvalue weighted by Gasteiger charge is 2.55. The van der Waals surface area contributed by atoms with Gasteiger partial charge < -0.3 is 15.4 Å². The summed E-state index contributed by atoms with van der Waals surface area (Å²) in [6.45, 7) is 3.25. The minimum atomic E-state index is -0.0667. The van der Waals surface area contributed by atoms with Crippen LogP contribution in [0, 0.1) is 17.8 Å². The van der Waals surface area contributed by atoms with Crippen LogP contribution in [0.2, 0.25) is 0 Å². The minimum Gasteiger partial charge on any atom is -0.482 e. The SMILES string of the molecule is CCNC(c1ccc2c(c1)NC(=O)CO2)C1C2CCCC21. The maximum atomic E-state index is 11.5. The molecule has 1 aromatic rings. The van der Waals surface area contributed by atoms with Crippen molar-refractivity contribution in [2.45, 2.75) is 32.2 Å². The van der Waals surface area contributed by atoms with E-state index in [1.54, 1.807) is 0 Å². The van der Waals surface area contributed by atoms with E-state index in [0.717, 1.165) is 35.7 Å². The van der Waals surface area contributed by atoms with Crippen molar-refractivity contribution in [2.24, 2.45) is 17.8 Å². The Morgan fingerprint density at radius 3 is 2.95 bits per heavy atom. The number of anilines is 1. The molecule has 1 amide bonds. The molecule has 1 aromatic carbocycles. The van der Waals surface area contributed by atoms with Crippen molar-refractivity contribution in [2.75, 3.05) is 18.5 Å². The molecule has 1 aliphatic heterocycles. The van der Waals surface area contributed by atoms with Crippen LogP contribution < -0.4 is 15.4 Å². The van der Waals surface area contributed by atoms with Crippen LogP contribution in [0.1, 0.15) is 37.8 Å². The van der Waals surface area contributed by atoms with E-state index in [1.807, 2.05) is 6.07 Å². The summed E-state index contributed by atoms with van der Waals surface area (Å²) in [5, 5.41) is 6.57. The van der Waals surface area contributed by atoms with Crippen LogP contribution in [0.5, 0.6) is 5.75 Å². The number of carbonyl (C=O) groups excluding carboxylic acids is 1. The Kier molecular flexibility index (Phi) is 3.14. The molecule has 112 valence electrons. The first-order valence-corrected chi connectivity index (χ1v) is 8.08. The van der Waals surface area contributed by atoms with Crippen molar-refractivity contribution >= 4 is 11.6 Å². The molecule has 3 atom stereocenters. The predicted octanol–water partition coefficient (Wildman–Crippen LogP) is 2.71. The molecule has 0 saturated heterocycles. The zero-order chi connectivity index (χ0) is 14.4. The Bertz CT molecular complexity index is 562. The average Bonchev–Trinajstić information content (AvgIpc) is 2.94. The topological polar surface area (TPSA) is 50.4 Å². The van der Waals surface area contributed by atoms with Gasteiger partial charge in [0.05, 0.1) is 5.69 Å². The van der Waals surface area contributed by atoms with Crippen LogP contribution >= 0.6 is 0 Å². The largest absolute Gasteiger partial charge is 0.482 e. The summed E-state index contributed by atoms with van der Waals surface area (Å²) >= 11 is 0. The van der Waals surface area contributed by atoms with Gasteiger partial charge in [0.2, 0.25) is 0 Å². The van der Waals surface area contributed by atoms with E-state index in [0.29, 0.717) is 6.04 Å². The molecule has 0 spiro atoms. The third kappa shape index (κ3) is 2.22. The van der Waals surface area contributed by atoms with Crippen molar-refractivity contribution in [1.82, 2.24) is 5.32 Å². The molecule has 4 heteroatoms. The van der Waals surface area contributed by atoms with E-state index in [2.05, 4.69) is 29.7 Å². The van der Waals surface area contributed by atoms with Crippen LogP contribution in [0.15, 0.2) is 18.2 Å². The Morgan fingerprint density at radius 2 is 2.19 bits per heavy atom. The molecule has 1 heterocycles. The van der Waals surface area contributed by atoms with Crippen molar-refractivity contribution in [3.63, 3.8) is 0 Å². The Hall–Kier alpha value is -1.55. The number of amides is 1. The standard InChI is InChI=1S/C17H22N2O2/c1-2-18-17(16-11-4-3-5-12(11)16)10-6-7-14-13(8-10)19-15(20)9-21-14/h6-8,11-12,16-18H,2-5,9H2,1H3,(H,19,20). The number of hydrogen-bond acceptors (Lipinski definition) is 3. The highest BCUT2D eigenvalue weighted by Crippen LogP contribution is 2.62. The zero-order valence-corrected chi connectivity index (χ0v) is 12.4. The molecule has 4 nitrogen and oxygen atoms in total. The molecule has 4 rings (SSSR count). The lowest BCUT2D eigenvalue weighted by Crippen LogP contribution is -2.27. The van der Waals surface area contributed by atoms with E-state index >= 15 is 0 Å². The molecule has 0 radical (unpaired) electrons. The number of nitrogens with one attached hydrogen (secondary N) is 2. The summed E-state index contributed by atoms with van der Waals surface area (Å²) < 4.78 is 5.45. The summed E-state index contributed by atoms with van der Waals surface area (Å²) in [5.41, 5.74) is 2.10. The zero-order valence-electron chi connectivity index (χ0n) is 12.4. The summed E-state index contributed by atoms with van der Waals surface area (Å²) in [6, 6.07) is 6.65. The van der Waals surface area contributed by atoms with Gasteiger partial charge in [-0.05, 0) is 54.8 Å². The van der Waals surface area contributed by atoms with E-state index in [1.165, 1.54) is 24.8 Å². The van der Waals surface area contributed by atoms with Gasteiger partial charge in [0.15, 0.2) is 6.61 Å². The van der Waals surface area contributed by atoms with Crippen molar-refractivity contribution in [3.8, 4) is 5.75 Å². The van der Waals surface area contributed by atoms with Crippen LogP contribution in [-0.4, -0.2) is 19.1 Å². The van der Waals surface area contributed by atoms with Gasteiger partial charge in [-0.3, -0.25) is 4.79 Å². The summed E-state index contributed by atoms with van der Waals surface area (Å²) in [6.07, 6.45) is 4.18. The van der Waals surface area contributed by atoms with Gasteiger partial charge in [0.1, 0.15) is 5.75 Å². The molecular weight excluding hydrogens is 264 g/mol. The van der Waals surface area contributed by atoms with E-state index < -0.39 is 0 Å². The average molecular weight is 286 g/mol. The summed E-state index contributed by atoms with van der Waals surface area (Å²) in [4.78, 5) is 11.5. The molecule has 2 N–H and O–H groups in total. The first-order chi connectivity index (χ1) is 10.3. The number of rotatable bonds is 4. The van der Waals surface area contributed by atoms with Gasteiger partial charge in [-0.1, -0.05) is 19.4 Å². The van der Waals surface area contributed by atoms with Gasteiger partial charge in [-0.15, -0.1) is 0 Å². The fraction of sp³-hybridized carbons (Fsp3) is 0.588. The van der Waals surface area contributed by atoms with Crippen molar-refractivity contribution in [3.05, 3.63) is 23.8 Å². The second-order valence-corrected chi connectivity index (χ2v) is 6.46. The van der Waals surface area contributed by atoms with E-state index in [9.17, 15) is 4.79 Å². The lowest BCUT2D eigenvalue weighted by Gasteiger charge is -2.24. The van der Waals surface area contributed by atoms with Crippen LogP contribution in [0.25, 0.3) is 0 Å². The fourth-order valence-electron chi connectivity index (χ4n) is 4.36. The maximum absolute atomic E-state index is 11.5. The predicted molar refractivity (Wildman–Crippen MR) is 81.3 cm³/mol. The third-order valence-electron chi connectivity index (χ3n) is 5.28. The number of benzene rings is 1. The molecule has 0 bridgehead atoms. The monoisotopic (exact) mass is 286 g/mol. The highest BCUT2D eigenvalue weighted by molar-refractivity contribution is 5.95. The summed E-state index contributed by atoms with van der Waals surface area (Å²) in [5.74, 6) is 3.32.